The van der Waals surface area contributed by atoms with Gasteiger partial charge in [-0.05, 0) is 37.8 Å². The quantitative estimate of drug-likeness (QED) is 0.196. The number of nitrogens with one attached hydrogen (secondary N) is 2. The summed E-state index contributed by atoms with van der Waals surface area (Å²) in [6, 6.07) is 4.26. The second kappa shape index (κ2) is 15.2. The minimum Gasteiger partial charge on any atom is -0.469 e. The number of aliphatic imine (C=N–C) groups is 1. The van der Waals surface area contributed by atoms with Crippen molar-refractivity contribution in [3.63, 3.8) is 0 Å². The average Bonchev–Trinajstić information content (AvgIpc) is 3.30. The van der Waals surface area contributed by atoms with E-state index in [0.717, 1.165) is 102 Å². The van der Waals surface area contributed by atoms with E-state index >= 15 is 0 Å². The van der Waals surface area contributed by atoms with E-state index in [1.165, 1.54) is 0 Å². The summed E-state index contributed by atoms with van der Waals surface area (Å²) in [6.45, 7) is 8.38. The van der Waals surface area contributed by atoms with E-state index in [1.807, 2.05) is 19.1 Å². The van der Waals surface area contributed by atoms with Crippen molar-refractivity contribution in [1.82, 2.24) is 15.5 Å². The van der Waals surface area contributed by atoms with E-state index in [4.69, 9.17) is 14.1 Å². The molecule has 3 atom stereocenters. The summed E-state index contributed by atoms with van der Waals surface area (Å²) in [4.78, 5) is 7.29. The normalized spacial score (nSPS) is 23.7. The molecular weight excluding hydrogens is 527 g/mol. The Morgan fingerprint density at radius 2 is 2.16 bits per heavy atom. The Labute approximate surface area is 206 Å². The van der Waals surface area contributed by atoms with Gasteiger partial charge in [0, 0.05) is 67.0 Å². The first-order chi connectivity index (χ1) is 14.7. The summed E-state index contributed by atoms with van der Waals surface area (Å²) >= 11 is 0. The number of hydrogen-bond acceptors (Lipinski definition) is 5. The summed E-state index contributed by atoms with van der Waals surface area (Å²) in [6.07, 6.45) is 7.87. The van der Waals surface area contributed by atoms with Gasteiger partial charge in [0.2, 0.25) is 0 Å². The third kappa shape index (κ3) is 9.79. The molecule has 178 valence electrons. The van der Waals surface area contributed by atoms with Crippen LogP contribution in [0, 0.1) is 0 Å². The Balaban J connectivity index is 0.00000341. The fourth-order valence-corrected chi connectivity index (χ4v) is 5.51. The Morgan fingerprint density at radius 3 is 2.90 bits per heavy atom. The molecule has 1 aliphatic carbocycles. The summed E-state index contributed by atoms with van der Waals surface area (Å²) in [5, 5.41) is 7.41. The average molecular weight is 567 g/mol. The summed E-state index contributed by atoms with van der Waals surface area (Å²) < 4.78 is 23.1. The van der Waals surface area contributed by atoms with Crippen molar-refractivity contribution in [3.05, 3.63) is 24.2 Å². The number of furan rings is 1. The molecule has 2 fully saturated rings. The van der Waals surface area contributed by atoms with Crippen LogP contribution in [-0.4, -0.2) is 78.1 Å². The molecule has 1 aromatic heterocycles. The Morgan fingerprint density at radius 1 is 1.32 bits per heavy atom. The molecule has 0 spiro atoms. The van der Waals surface area contributed by atoms with Crippen molar-refractivity contribution in [2.75, 3.05) is 51.7 Å². The SMILES string of the molecule is CCS(=O)C1CCCC(NC(=NCCCN2CCOCC2)NCCc2ccco2)C1.I. The minimum atomic E-state index is -0.713. The highest BCUT2D eigenvalue weighted by atomic mass is 127. The van der Waals surface area contributed by atoms with Crippen LogP contribution >= 0.6 is 24.0 Å². The summed E-state index contributed by atoms with van der Waals surface area (Å²) in [7, 11) is -0.713. The van der Waals surface area contributed by atoms with Gasteiger partial charge >= 0.3 is 0 Å². The van der Waals surface area contributed by atoms with Crippen LogP contribution in [0.1, 0.15) is 44.8 Å². The molecule has 3 unspecified atom stereocenters. The fourth-order valence-electron chi connectivity index (χ4n) is 4.17. The van der Waals surface area contributed by atoms with Crippen LogP contribution in [0.2, 0.25) is 0 Å². The molecule has 0 amide bonds. The molecule has 31 heavy (non-hydrogen) atoms. The number of hydrogen-bond donors (Lipinski definition) is 2. The number of nitrogens with zero attached hydrogens (tertiary/aromatic N) is 2. The van der Waals surface area contributed by atoms with Gasteiger partial charge in [-0.3, -0.25) is 14.1 Å². The molecule has 0 bridgehead atoms. The van der Waals surface area contributed by atoms with Crippen molar-refractivity contribution in [3.8, 4) is 0 Å². The Kier molecular flexibility index (Phi) is 13.1. The van der Waals surface area contributed by atoms with E-state index in [2.05, 4.69) is 15.5 Å². The van der Waals surface area contributed by atoms with E-state index in [9.17, 15) is 4.21 Å². The van der Waals surface area contributed by atoms with Crippen LogP contribution in [-0.2, 0) is 22.0 Å². The third-order valence-electron chi connectivity index (χ3n) is 5.87. The van der Waals surface area contributed by atoms with Gasteiger partial charge in [0.05, 0.1) is 19.5 Å². The third-order valence-corrected chi connectivity index (χ3v) is 7.61. The van der Waals surface area contributed by atoms with Crippen LogP contribution in [0.25, 0.3) is 0 Å². The first kappa shape index (κ1) is 26.6. The standard InChI is InChI=1S/C22H38N4O3S.HI/c1-2-30(27)21-8-3-6-19(18-21)25-22(24-11-9-20-7-4-15-29-20)23-10-5-12-26-13-16-28-17-14-26;/h4,7,15,19,21H,2-3,5-6,8-14,16-18H2,1H3,(H2,23,24,25);1H. The summed E-state index contributed by atoms with van der Waals surface area (Å²) in [5.74, 6) is 2.60. The highest BCUT2D eigenvalue weighted by Gasteiger charge is 2.26. The molecule has 2 aliphatic rings. The zero-order valence-electron chi connectivity index (χ0n) is 18.7. The maximum Gasteiger partial charge on any atom is 0.191 e. The van der Waals surface area contributed by atoms with E-state index in [-0.39, 0.29) is 24.0 Å². The monoisotopic (exact) mass is 566 g/mol. The highest BCUT2D eigenvalue weighted by molar-refractivity contribution is 14.0. The van der Waals surface area contributed by atoms with Crippen molar-refractivity contribution >= 4 is 40.7 Å². The van der Waals surface area contributed by atoms with Gasteiger partial charge in [0.25, 0.3) is 0 Å². The van der Waals surface area contributed by atoms with Crippen LogP contribution in [0.15, 0.2) is 27.8 Å². The van der Waals surface area contributed by atoms with Crippen LogP contribution in [0.4, 0.5) is 0 Å². The predicted molar refractivity (Wildman–Crippen MR) is 138 cm³/mol. The topological polar surface area (TPSA) is 79.1 Å². The number of ether oxygens (including phenoxy) is 1. The predicted octanol–water partition coefficient (Wildman–Crippen LogP) is 2.78. The van der Waals surface area contributed by atoms with E-state index in [0.29, 0.717) is 11.3 Å². The van der Waals surface area contributed by atoms with Gasteiger partial charge in [-0.25, -0.2) is 0 Å². The lowest BCUT2D eigenvalue weighted by Gasteiger charge is -2.30. The van der Waals surface area contributed by atoms with Gasteiger partial charge in [-0.15, -0.1) is 24.0 Å². The molecule has 9 heteroatoms. The minimum absolute atomic E-state index is 0. The lowest BCUT2D eigenvalue weighted by atomic mass is 9.95. The van der Waals surface area contributed by atoms with Gasteiger partial charge < -0.3 is 19.8 Å². The zero-order chi connectivity index (χ0) is 21.0. The molecule has 2 heterocycles. The number of morpholine rings is 1. The van der Waals surface area contributed by atoms with Crippen molar-refractivity contribution < 1.29 is 13.4 Å². The van der Waals surface area contributed by atoms with Gasteiger partial charge in [0.15, 0.2) is 5.96 Å². The van der Waals surface area contributed by atoms with Gasteiger partial charge in [-0.1, -0.05) is 13.3 Å². The lowest BCUT2D eigenvalue weighted by Crippen LogP contribution is -2.47. The maximum atomic E-state index is 12.3. The largest absolute Gasteiger partial charge is 0.469 e. The molecular formula is C22H39IN4O3S. The molecule has 0 radical (unpaired) electrons. The van der Waals surface area contributed by atoms with Gasteiger partial charge in [0.1, 0.15) is 5.76 Å². The smallest absolute Gasteiger partial charge is 0.191 e. The van der Waals surface area contributed by atoms with Crippen molar-refractivity contribution in [1.29, 1.82) is 0 Å². The summed E-state index contributed by atoms with van der Waals surface area (Å²) in [5.41, 5.74) is 0. The Hall–Kier alpha value is -0.650. The number of rotatable bonds is 10. The van der Waals surface area contributed by atoms with Gasteiger partial charge in [-0.2, -0.15) is 0 Å². The number of guanidine groups is 1. The first-order valence-electron chi connectivity index (χ1n) is 11.5. The molecule has 0 aromatic carbocycles. The first-order valence-corrected chi connectivity index (χ1v) is 12.9. The zero-order valence-corrected chi connectivity index (χ0v) is 21.9. The van der Waals surface area contributed by atoms with E-state index in [1.54, 1.807) is 6.26 Å². The van der Waals surface area contributed by atoms with Crippen molar-refractivity contribution in [2.45, 2.75) is 56.7 Å². The number of halogens is 1. The molecule has 3 rings (SSSR count). The Bertz CT molecular complexity index is 653. The lowest BCUT2D eigenvalue weighted by molar-refractivity contribution is 0.0377. The van der Waals surface area contributed by atoms with Crippen LogP contribution in [0.3, 0.4) is 0 Å². The van der Waals surface area contributed by atoms with E-state index < -0.39 is 10.8 Å². The molecule has 1 aromatic rings. The fraction of sp³-hybridized carbons (Fsp3) is 0.773. The second-order valence-corrected chi connectivity index (χ2v) is 10.1. The van der Waals surface area contributed by atoms with Crippen LogP contribution < -0.4 is 10.6 Å². The molecule has 1 aliphatic heterocycles. The molecule has 2 N–H and O–H groups in total. The molecule has 7 nitrogen and oxygen atoms in total. The highest BCUT2D eigenvalue weighted by Crippen LogP contribution is 2.23. The second-order valence-electron chi connectivity index (χ2n) is 8.09. The van der Waals surface area contributed by atoms with Crippen LogP contribution in [0.5, 0.6) is 0 Å². The molecule has 1 saturated carbocycles. The molecule has 1 saturated heterocycles. The maximum absolute atomic E-state index is 12.3. The van der Waals surface area contributed by atoms with Crippen molar-refractivity contribution in [2.24, 2.45) is 4.99 Å².